The van der Waals surface area contributed by atoms with E-state index in [9.17, 15) is 9.59 Å². The van der Waals surface area contributed by atoms with Crippen LogP contribution in [0.15, 0.2) is 47.6 Å². The third-order valence-corrected chi connectivity index (χ3v) is 6.89. The van der Waals surface area contributed by atoms with Crippen molar-refractivity contribution < 1.29 is 14.3 Å². The Bertz CT molecular complexity index is 1090. The van der Waals surface area contributed by atoms with Crippen LogP contribution in [0.25, 0.3) is 0 Å². The van der Waals surface area contributed by atoms with E-state index in [1.54, 1.807) is 5.01 Å². The standard InChI is InChI=1S/C28H35N3O3/c1-5-34-28(33)22-10-8-14-30(17-22)18-27(32)31-26(24-11-7-6-9-20(24)3)16-25(29-31)23-13-12-19(2)15-21(23)4/h6-7,9,11-13,15,22,26H,5,8,10,14,16-18H2,1-4H3/t22-,26-/m1/s1. The first kappa shape index (κ1) is 24.1. The molecule has 0 radical (unpaired) electrons. The van der Waals surface area contributed by atoms with Crippen molar-refractivity contribution >= 4 is 17.6 Å². The lowest BCUT2D eigenvalue weighted by atomic mass is 9.93. The summed E-state index contributed by atoms with van der Waals surface area (Å²) in [4.78, 5) is 27.9. The molecule has 2 aromatic rings. The molecule has 0 bridgehead atoms. The van der Waals surface area contributed by atoms with Crippen molar-refractivity contribution in [3.63, 3.8) is 0 Å². The molecule has 6 nitrogen and oxygen atoms in total. The second-order valence-corrected chi connectivity index (χ2v) is 9.51. The molecule has 1 amide bonds. The summed E-state index contributed by atoms with van der Waals surface area (Å²) < 4.78 is 5.22. The molecule has 0 unspecified atom stereocenters. The van der Waals surface area contributed by atoms with Gasteiger partial charge in [-0.1, -0.05) is 48.0 Å². The lowest BCUT2D eigenvalue weighted by Gasteiger charge is -2.32. The number of esters is 1. The number of nitrogens with zero attached hydrogens (tertiary/aromatic N) is 3. The van der Waals surface area contributed by atoms with Crippen LogP contribution in [-0.2, 0) is 14.3 Å². The number of amides is 1. The normalized spacial score (nSPS) is 20.8. The number of rotatable bonds is 6. The number of benzene rings is 2. The zero-order valence-corrected chi connectivity index (χ0v) is 20.7. The predicted molar refractivity (Wildman–Crippen MR) is 134 cm³/mol. The number of ether oxygens (including phenoxy) is 1. The maximum absolute atomic E-state index is 13.6. The second-order valence-electron chi connectivity index (χ2n) is 9.51. The Morgan fingerprint density at radius 1 is 1.09 bits per heavy atom. The lowest BCUT2D eigenvalue weighted by molar-refractivity contribution is -0.150. The van der Waals surface area contributed by atoms with Gasteiger partial charge in [-0.3, -0.25) is 14.5 Å². The minimum absolute atomic E-state index is 0.0301. The van der Waals surface area contributed by atoms with E-state index in [0.717, 1.165) is 41.8 Å². The van der Waals surface area contributed by atoms with E-state index >= 15 is 0 Å². The molecule has 0 saturated carbocycles. The van der Waals surface area contributed by atoms with Gasteiger partial charge in [0.2, 0.25) is 0 Å². The first-order valence-electron chi connectivity index (χ1n) is 12.3. The van der Waals surface area contributed by atoms with Gasteiger partial charge in [-0.2, -0.15) is 5.10 Å². The van der Waals surface area contributed by atoms with Gasteiger partial charge in [-0.15, -0.1) is 0 Å². The Morgan fingerprint density at radius 3 is 2.62 bits per heavy atom. The van der Waals surface area contributed by atoms with Crippen molar-refractivity contribution in [2.45, 2.75) is 53.0 Å². The van der Waals surface area contributed by atoms with Crippen molar-refractivity contribution in [2.75, 3.05) is 26.2 Å². The maximum Gasteiger partial charge on any atom is 0.310 e. The zero-order valence-electron chi connectivity index (χ0n) is 20.7. The van der Waals surface area contributed by atoms with E-state index in [1.165, 1.54) is 11.1 Å². The van der Waals surface area contributed by atoms with Crippen LogP contribution in [0.2, 0.25) is 0 Å². The molecule has 2 aliphatic heterocycles. The van der Waals surface area contributed by atoms with Gasteiger partial charge in [0.25, 0.3) is 5.91 Å². The first-order chi connectivity index (χ1) is 16.4. The topological polar surface area (TPSA) is 62.2 Å². The highest BCUT2D eigenvalue weighted by molar-refractivity contribution is 6.04. The largest absolute Gasteiger partial charge is 0.466 e. The minimum Gasteiger partial charge on any atom is -0.466 e. The molecule has 2 heterocycles. The van der Waals surface area contributed by atoms with Crippen LogP contribution in [0.1, 0.15) is 60.0 Å². The lowest BCUT2D eigenvalue weighted by Crippen LogP contribution is -2.44. The van der Waals surface area contributed by atoms with E-state index in [0.29, 0.717) is 19.6 Å². The van der Waals surface area contributed by atoms with Gasteiger partial charge in [0.1, 0.15) is 0 Å². The summed E-state index contributed by atoms with van der Waals surface area (Å²) in [6.45, 7) is 10.1. The Hall–Kier alpha value is -2.99. The molecule has 4 rings (SSSR count). The van der Waals surface area contributed by atoms with E-state index in [1.807, 2.05) is 19.1 Å². The van der Waals surface area contributed by atoms with Crippen molar-refractivity contribution in [1.82, 2.24) is 9.91 Å². The smallest absolute Gasteiger partial charge is 0.310 e. The average molecular weight is 462 g/mol. The number of likely N-dealkylation sites (tertiary alicyclic amines) is 1. The monoisotopic (exact) mass is 461 g/mol. The molecule has 180 valence electrons. The summed E-state index contributed by atoms with van der Waals surface area (Å²) in [6, 6.07) is 14.5. The number of carbonyl (C=O) groups is 2. The Morgan fingerprint density at radius 2 is 1.88 bits per heavy atom. The Kier molecular flexibility index (Phi) is 7.47. The van der Waals surface area contributed by atoms with Crippen LogP contribution in [-0.4, -0.2) is 53.7 Å². The molecule has 2 aromatic carbocycles. The summed E-state index contributed by atoms with van der Waals surface area (Å²) in [6.07, 6.45) is 2.38. The van der Waals surface area contributed by atoms with Crippen LogP contribution in [0.5, 0.6) is 0 Å². The van der Waals surface area contributed by atoms with Gasteiger partial charge in [0.05, 0.1) is 30.8 Å². The highest BCUT2D eigenvalue weighted by Crippen LogP contribution is 2.35. The summed E-state index contributed by atoms with van der Waals surface area (Å²) in [5, 5.41) is 6.56. The summed E-state index contributed by atoms with van der Waals surface area (Å²) in [7, 11) is 0. The molecule has 0 N–H and O–H groups in total. The SMILES string of the molecule is CCOC(=O)[C@@H]1CCCN(CC(=O)N2N=C(c3ccc(C)cc3C)C[C@@H]2c2ccccc2C)C1. The number of hydrogen-bond acceptors (Lipinski definition) is 5. The summed E-state index contributed by atoms with van der Waals surface area (Å²) >= 11 is 0. The molecule has 34 heavy (non-hydrogen) atoms. The predicted octanol–water partition coefficient (Wildman–Crippen LogP) is 4.56. The summed E-state index contributed by atoms with van der Waals surface area (Å²) in [5.41, 5.74) is 6.71. The highest BCUT2D eigenvalue weighted by Gasteiger charge is 2.36. The minimum atomic E-state index is -0.165. The molecule has 6 heteroatoms. The van der Waals surface area contributed by atoms with Gasteiger partial charge in [0, 0.05) is 18.5 Å². The molecule has 1 fully saturated rings. The number of piperidine rings is 1. The van der Waals surface area contributed by atoms with Gasteiger partial charge in [-0.05, 0) is 63.8 Å². The number of hydrazone groups is 1. The Labute approximate surface area is 202 Å². The van der Waals surface area contributed by atoms with Gasteiger partial charge < -0.3 is 4.74 Å². The Balaban J connectivity index is 1.58. The average Bonchev–Trinajstić information content (AvgIpc) is 3.25. The molecule has 0 aliphatic carbocycles. The van der Waals surface area contributed by atoms with Crippen molar-refractivity contribution in [1.29, 1.82) is 0 Å². The highest BCUT2D eigenvalue weighted by atomic mass is 16.5. The van der Waals surface area contributed by atoms with Crippen molar-refractivity contribution in [3.05, 3.63) is 70.3 Å². The fraction of sp³-hybridized carbons (Fsp3) is 0.464. The zero-order chi connectivity index (χ0) is 24.2. The fourth-order valence-electron chi connectivity index (χ4n) is 5.16. The molecular formula is C28H35N3O3. The van der Waals surface area contributed by atoms with E-state index < -0.39 is 0 Å². The van der Waals surface area contributed by atoms with E-state index in [4.69, 9.17) is 9.84 Å². The van der Waals surface area contributed by atoms with E-state index in [-0.39, 0.29) is 30.4 Å². The molecule has 2 aliphatic rings. The third kappa shape index (κ3) is 5.22. The second kappa shape index (κ2) is 10.5. The van der Waals surface area contributed by atoms with Gasteiger partial charge in [0.15, 0.2) is 0 Å². The summed E-state index contributed by atoms with van der Waals surface area (Å²) in [5.74, 6) is -0.354. The van der Waals surface area contributed by atoms with Crippen molar-refractivity contribution in [3.8, 4) is 0 Å². The van der Waals surface area contributed by atoms with Gasteiger partial charge >= 0.3 is 5.97 Å². The maximum atomic E-state index is 13.6. The third-order valence-electron chi connectivity index (χ3n) is 6.89. The molecule has 1 saturated heterocycles. The molecule has 0 spiro atoms. The fourth-order valence-corrected chi connectivity index (χ4v) is 5.16. The van der Waals surface area contributed by atoms with Crippen LogP contribution in [0.3, 0.4) is 0 Å². The van der Waals surface area contributed by atoms with E-state index in [2.05, 4.69) is 56.0 Å². The number of aryl methyl sites for hydroxylation is 3. The van der Waals surface area contributed by atoms with Gasteiger partial charge in [-0.25, -0.2) is 5.01 Å². The number of hydrogen-bond donors (Lipinski definition) is 0. The molecule has 0 aromatic heterocycles. The van der Waals surface area contributed by atoms with Crippen molar-refractivity contribution in [2.24, 2.45) is 11.0 Å². The van der Waals surface area contributed by atoms with Crippen LogP contribution in [0, 0.1) is 26.7 Å². The van der Waals surface area contributed by atoms with Crippen LogP contribution < -0.4 is 0 Å². The molecular weight excluding hydrogens is 426 g/mol. The van der Waals surface area contributed by atoms with Crippen LogP contribution in [0.4, 0.5) is 0 Å². The number of carbonyl (C=O) groups excluding carboxylic acids is 2. The van der Waals surface area contributed by atoms with Crippen LogP contribution >= 0.6 is 0 Å². The molecule has 2 atom stereocenters. The quantitative estimate of drug-likeness (QED) is 0.592. The first-order valence-corrected chi connectivity index (χ1v) is 12.3.